The summed E-state index contributed by atoms with van der Waals surface area (Å²) in [5, 5.41) is 0. The molecular weight excluding hydrogens is 142 g/mol. The smallest absolute Gasteiger partial charge is 0.215 e. The van der Waals surface area contributed by atoms with Crippen LogP contribution in [0.15, 0.2) is 18.2 Å². The Kier molecular flexibility index (Phi) is 2.68. The van der Waals surface area contributed by atoms with E-state index in [1.54, 1.807) is 12.1 Å². The van der Waals surface area contributed by atoms with Crippen LogP contribution >= 0.6 is 0 Å². The molecule has 3 N–H and O–H groups in total. The van der Waals surface area contributed by atoms with E-state index in [1.165, 1.54) is 0 Å². The quantitative estimate of drug-likeness (QED) is 0.497. The normalized spacial score (nSPS) is 9.27. The fraction of sp³-hybridized carbons (Fsp3) is 0.286. The highest BCUT2D eigenvalue weighted by Crippen LogP contribution is 2.09. The summed E-state index contributed by atoms with van der Waals surface area (Å²) in [5.74, 6) is 6.34. The summed E-state index contributed by atoms with van der Waals surface area (Å²) in [6.45, 7) is 2.52. The lowest BCUT2D eigenvalue weighted by Crippen LogP contribution is -2.08. The number of rotatable bonds is 3. The van der Waals surface area contributed by atoms with Gasteiger partial charge in [-0.15, -0.1) is 0 Å². The summed E-state index contributed by atoms with van der Waals surface area (Å²) in [7, 11) is 0. The maximum Gasteiger partial charge on any atom is 0.215 e. The van der Waals surface area contributed by atoms with Crippen LogP contribution < -0.4 is 16.0 Å². The standard InChI is InChI=1S/C7H11N3O/c1-2-11-7-5-3-4-6(9-7)10-8/h3-5H,2,8H2,1H3,(H,9,10). The van der Waals surface area contributed by atoms with Crippen LogP contribution in [0.2, 0.25) is 0 Å². The predicted octanol–water partition coefficient (Wildman–Crippen LogP) is 0.766. The molecule has 0 aliphatic heterocycles. The van der Waals surface area contributed by atoms with Crippen molar-refractivity contribution >= 4 is 5.82 Å². The molecule has 0 saturated heterocycles. The third-order valence-electron chi connectivity index (χ3n) is 1.16. The van der Waals surface area contributed by atoms with Gasteiger partial charge in [0.1, 0.15) is 5.82 Å². The van der Waals surface area contributed by atoms with Crippen LogP contribution in [-0.2, 0) is 0 Å². The number of ether oxygens (including phenoxy) is 1. The molecule has 0 saturated carbocycles. The first kappa shape index (κ1) is 7.81. The van der Waals surface area contributed by atoms with Crippen molar-refractivity contribution in [2.45, 2.75) is 6.92 Å². The lowest BCUT2D eigenvalue weighted by atomic mass is 10.4. The Bertz CT molecular complexity index is 227. The minimum atomic E-state index is 0.586. The molecule has 1 heterocycles. The number of nitrogens with one attached hydrogen (secondary N) is 1. The third-order valence-corrected chi connectivity index (χ3v) is 1.16. The highest BCUT2D eigenvalue weighted by Gasteiger charge is 1.93. The summed E-state index contributed by atoms with van der Waals surface area (Å²) < 4.78 is 5.14. The van der Waals surface area contributed by atoms with Gasteiger partial charge < -0.3 is 10.2 Å². The summed E-state index contributed by atoms with van der Waals surface area (Å²) >= 11 is 0. The first-order chi connectivity index (χ1) is 5.36. The van der Waals surface area contributed by atoms with E-state index >= 15 is 0 Å². The Morgan fingerprint density at radius 2 is 2.45 bits per heavy atom. The van der Waals surface area contributed by atoms with E-state index in [0.29, 0.717) is 18.3 Å². The van der Waals surface area contributed by atoms with E-state index in [0.717, 1.165) is 0 Å². The first-order valence-electron chi connectivity index (χ1n) is 3.43. The number of aromatic nitrogens is 1. The van der Waals surface area contributed by atoms with Gasteiger partial charge in [0, 0.05) is 6.07 Å². The second kappa shape index (κ2) is 3.78. The van der Waals surface area contributed by atoms with Gasteiger partial charge in [-0.25, -0.2) is 5.84 Å². The van der Waals surface area contributed by atoms with E-state index < -0.39 is 0 Å². The zero-order chi connectivity index (χ0) is 8.10. The maximum atomic E-state index is 5.15. The molecule has 0 atom stereocenters. The van der Waals surface area contributed by atoms with Crippen LogP contribution in [0.1, 0.15) is 6.92 Å². The van der Waals surface area contributed by atoms with E-state index in [4.69, 9.17) is 10.6 Å². The highest BCUT2D eigenvalue weighted by atomic mass is 16.5. The largest absolute Gasteiger partial charge is 0.478 e. The monoisotopic (exact) mass is 153 g/mol. The van der Waals surface area contributed by atoms with E-state index in [9.17, 15) is 0 Å². The Labute approximate surface area is 65.4 Å². The summed E-state index contributed by atoms with van der Waals surface area (Å²) in [5.41, 5.74) is 2.43. The summed E-state index contributed by atoms with van der Waals surface area (Å²) in [6, 6.07) is 5.38. The number of anilines is 1. The highest BCUT2D eigenvalue weighted by molar-refractivity contribution is 5.35. The lowest BCUT2D eigenvalue weighted by molar-refractivity contribution is 0.327. The molecule has 0 fully saturated rings. The van der Waals surface area contributed by atoms with E-state index in [-0.39, 0.29) is 0 Å². The maximum absolute atomic E-state index is 5.15. The fourth-order valence-electron chi connectivity index (χ4n) is 0.723. The predicted molar refractivity (Wildman–Crippen MR) is 43.2 cm³/mol. The zero-order valence-corrected chi connectivity index (χ0v) is 6.37. The number of hydrazine groups is 1. The molecule has 4 heteroatoms. The number of pyridine rings is 1. The molecular formula is C7H11N3O. The third kappa shape index (κ3) is 2.09. The summed E-state index contributed by atoms with van der Waals surface area (Å²) in [6.07, 6.45) is 0. The van der Waals surface area contributed by atoms with Gasteiger partial charge >= 0.3 is 0 Å². The molecule has 60 valence electrons. The zero-order valence-electron chi connectivity index (χ0n) is 6.37. The van der Waals surface area contributed by atoms with Crippen molar-refractivity contribution in [3.8, 4) is 5.88 Å². The van der Waals surface area contributed by atoms with Crippen LogP contribution in [-0.4, -0.2) is 11.6 Å². The number of nitrogen functional groups attached to an aromatic ring is 1. The molecule has 0 aliphatic carbocycles. The molecule has 1 aromatic heterocycles. The molecule has 1 rings (SSSR count). The minimum absolute atomic E-state index is 0.586. The van der Waals surface area contributed by atoms with Crippen LogP contribution in [0.5, 0.6) is 5.88 Å². The second-order valence-electron chi connectivity index (χ2n) is 1.94. The fourth-order valence-corrected chi connectivity index (χ4v) is 0.723. The Morgan fingerprint density at radius 3 is 3.09 bits per heavy atom. The van der Waals surface area contributed by atoms with Crippen molar-refractivity contribution in [1.29, 1.82) is 0 Å². The van der Waals surface area contributed by atoms with Gasteiger partial charge in [0.2, 0.25) is 5.88 Å². The van der Waals surface area contributed by atoms with Crippen LogP contribution in [0.3, 0.4) is 0 Å². The van der Waals surface area contributed by atoms with Crippen molar-refractivity contribution in [3.05, 3.63) is 18.2 Å². The molecule has 11 heavy (non-hydrogen) atoms. The van der Waals surface area contributed by atoms with Gasteiger partial charge in [-0.05, 0) is 13.0 Å². The van der Waals surface area contributed by atoms with Gasteiger partial charge in [0.15, 0.2) is 0 Å². The van der Waals surface area contributed by atoms with Crippen LogP contribution in [0.4, 0.5) is 5.82 Å². The first-order valence-corrected chi connectivity index (χ1v) is 3.43. The topological polar surface area (TPSA) is 60.2 Å². The SMILES string of the molecule is CCOc1cccc(NN)n1. The van der Waals surface area contributed by atoms with Gasteiger partial charge in [-0.3, -0.25) is 0 Å². The van der Waals surface area contributed by atoms with E-state index in [2.05, 4.69) is 10.4 Å². The average Bonchev–Trinajstić information content (AvgIpc) is 2.06. The number of nitrogens with two attached hydrogens (primary N) is 1. The molecule has 0 spiro atoms. The minimum Gasteiger partial charge on any atom is -0.478 e. The summed E-state index contributed by atoms with van der Waals surface area (Å²) in [4.78, 5) is 4.02. The molecule has 4 nitrogen and oxygen atoms in total. The Hall–Kier alpha value is -1.29. The molecule has 0 radical (unpaired) electrons. The van der Waals surface area contributed by atoms with Crippen LogP contribution in [0.25, 0.3) is 0 Å². The van der Waals surface area contributed by atoms with Crippen molar-refractivity contribution in [2.24, 2.45) is 5.84 Å². The van der Waals surface area contributed by atoms with Gasteiger partial charge in [-0.2, -0.15) is 4.98 Å². The second-order valence-corrected chi connectivity index (χ2v) is 1.94. The molecule has 0 unspecified atom stereocenters. The average molecular weight is 153 g/mol. The molecule has 0 aliphatic rings. The molecule has 1 aromatic rings. The van der Waals surface area contributed by atoms with Crippen molar-refractivity contribution in [1.82, 2.24) is 4.98 Å². The van der Waals surface area contributed by atoms with Crippen molar-refractivity contribution in [3.63, 3.8) is 0 Å². The Balaban J connectivity index is 2.74. The molecule has 0 aromatic carbocycles. The lowest BCUT2D eigenvalue weighted by Gasteiger charge is -2.02. The number of nitrogens with zero attached hydrogens (tertiary/aromatic N) is 1. The van der Waals surface area contributed by atoms with E-state index in [1.807, 2.05) is 13.0 Å². The van der Waals surface area contributed by atoms with Gasteiger partial charge in [0.25, 0.3) is 0 Å². The van der Waals surface area contributed by atoms with Gasteiger partial charge in [-0.1, -0.05) is 6.07 Å². The van der Waals surface area contributed by atoms with Gasteiger partial charge in [0.05, 0.1) is 6.61 Å². The molecule has 0 amide bonds. The number of hydrogen-bond acceptors (Lipinski definition) is 4. The number of hydrogen-bond donors (Lipinski definition) is 2. The van der Waals surface area contributed by atoms with Crippen LogP contribution in [0, 0.1) is 0 Å². The van der Waals surface area contributed by atoms with Crippen molar-refractivity contribution < 1.29 is 4.74 Å². The van der Waals surface area contributed by atoms with Crippen molar-refractivity contribution in [2.75, 3.05) is 12.0 Å². The Morgan fingerprint density at radius 1 is 1.64 bits per heavy atom. The molecule has 0 bridgehead atoms.